The Morgan fingerprint density at radius 1 is 1.39 bits per heavy atom. The van der Waals surface area contributed by atoms with Crippen molar-refractivity contribution in [1.29, 1.82) is 0 Å². The standard InChI is InChI=1S/C14H17BrN2S/c1-9-5-6-18-14(9)13(17-2)8-10-7-11(15)3-4-12(10)16/h3-7,13,17H,8,16H2,1-2H3/t13-/m0/s1. The van der Waals surface area contributed by atoms with Crippen LogP contribution in [0.4, 0.5) is 5.69 Å². The predicted molar refractivity (Wildman–Crippen MR) is 83.1 cm³/mol. The van der Waals surface area contributed by atoms with Gasteiger partial charge in [0.15, 0.2) is 0 Å². The van der Waals surface area contributed by atoms with Crippen molar-refractivity contribution in [2.75, 3.05) is 12.8 Å². The van der Waals surface area contributed by atoms with Gasteiger partial charge in [0.1, 0.15) is 0 Å². The van der Waals surface area contributed by atoms with Crippen molar-refractivity contribution < 1.29 is 0 Å². The van der Waals surface area contributed by atoms with Crippen LogP contribution in [0.15, 0.2) is 34.1 Å². The third-order valence-electron chi connectivity index (χ3n) is 3.10. The van der Waals surface area contributed by atoms with Crippen LogP contribution in [-0.4, -0.2) is 7.05 Å². The number of aryl methyl sites for hydroxylation is 1. The van der Waals surface area contributed by atoms with E-state index in [1.54, 1.807) is 11.3 Å². The van der Waals surface area contributed by atoms with E-state index in [1.807, 2.05) is 19.2 Å². The molecule has 0 fully saturated rings. The highest BCUT2D eigenvalue weighted by atomic mass is 79.9. The van der Waals surface area contributed by atoms with E-state index in [-0.39, 0.29) is 0 Å². The molecule has 3 N–H and O–H groups in total. The Kier molecular flexibility index (Phi) is 4.43. The molecule has 18 heavy (non-hydrogen) atoms. The molecule has 0 spiro atoms. The molecular formula is C14H17BrN2S. The Balaban J connectivity index is 2.26. The quantitative estimate of drug-likeness (QED) is 0.837. The monoisotopic (exact) mass is 324 g/mol. The first kappa shape index (κ1) is 13.6. The summed E-state index contributed by atoms with van der Waals surface area (Å²) in [6.45, 7) is 2.15. The first-order valence-electron chi connectivity index (χ1n) is 5.87. The molecule has 1 heterocycles. The molecule has 2 aromatic rings. The predicted octanol–water partition coefficient (Wildman–Crippen LogP) is 3.90. The summed E-state index contributed by atoms with van der Waals surface area (Å²) in [4.78, 5) is 1.39. The van der Waals surface area contributed by atoms with Gasteiger partial charge < -0.3 is 11.1 Å². The highest BCUT2D eigenvalue weighted by Gasteiger charge is 2.15. The minimum Gasteiger partial charge on any atom is -0.399 e. The highest BCUT2D eigenvalue weighted by Crippen LogP contribution is 2.29. The SMILES string of the molecule is CN[C@@H](Cc1cc(Br)ccc1N)c1sccc1C. The van der Waals surface area contributed by atoms with Gasteiger partial charge in [-0.15, -0.1) is 11.3 Å². The smallest absolute Gasteiger partial charge is 0.0456 e. The van der Waals surface area contributed by atoms with E-state index in [9.17, 15) is 0 Å². The Morgan fingerprint density at radius 3 is 2.78 bits per heavy atom. The second-order valence-electron chi connectivity index (χ2n) is 4.36. The number of thiophene rings is 1. The van der Waals surface area contributed by atoms with Crippen LogP contribution in [0.2, 0.25) is 0 Å². The van der Waals surface area contributed by atoms with Crippen molar-refractivity contribution in [1.82, 2.24) is 5.32 Å². The molecular weight excluding hydrogens is 308 g/mol. The zero-order chi connectivity index (χ0) is 13.1. The second-order valence-corrected chi connectivity index (χ2v) is 6.22. The van der Waals surface area contributed by atoms with Gasteiger partial charge in [-0.25, -0.2) is 0 Å². The lowest BCUT2D eigenvalue weighted by molar-refractivity contribution is 0.600. The topological polar surface area (TPSA) is 38.0 Å². The van der Waals surface area contributed by atoms with Gasteiger partial charge in [-0.05, 0) is 61.2 Å². The molecule has 0 aliphatic rings. The summed E-state index contributed by atoms with van der Waals surface area (Å²) in [6.07, 6.45) is 0.906. The van der Waals surface area contributed by atoms with Crippen LogP contribution >= 0.6 is 27.3 Å². The Morgan fingerprint density at radius 2 is 2.17 bits per heavy atom. The normalized spacial score (nSPS) is 12.6. The lowest BCUT2D eigenvalue weighted by atomic mass is 10.0. The highest BCUT2D eigenvalue weighted by molar-refractivity contribution is 9.10. The average molecular weight is 325 g/mol. The van der Waals surface area contributed by atoms with E-state index < -0.39 is 0 Å². The van der Waals surface area contributed by atoms with Crippen LogP contribution in [0.3, 0.4) is 0 Å². The second kappa shape index (κ2) is 5.87. The number of anilines is 1. The van der Waals surface area contributed by atoms with Crippen LogP contribution in [0.25, 0.3) is 0 Å². The Labute approximate surface area is 120 Å². The number of nitrogen functional groups attached to an aromatic ring is 1. The summed E-state index contributed by atoms with van der Waals surface area (Å²) in [5, 5.41) is 5.52. The lowest BCUT2D eigenvalue weighted by Gasteiger charge is -2.17. The van der Waals surface area contributed by atoms with Crippen molar-refractivity contribution in [3.8, 4) is 0 Å². The summed E-state index contributed by atoms with van der Waals surface area (Å²) in [7, 11) is 2.00. The Hall–Kier alpha value is -0.840. The van der Waals surface area contributed by atoms with Gasteiger partial charge in [0.05, 0.1) is 0 Å². The van der Waals surface area contributed by atoms with Gasteiger partial charge in [-0.2, -0.15) is 0 Å². The molecule has 4 heteroatoms. The molecule has 0 aliphatic carbocycles. The van der Waals surface area contributed by atoms with Gasteiger partial charge in [-0.3, -0.25) is 0 Å². The molecule has 2 nitrogen and oxygen atoms in total. The fourth-order valence-electron chi connectivity index (χ4n) is 2.04. The number of rotatable bonds is 4. The largest absolute Gasteiger partial charge is 0.399 e. The number of hydrogen-bond donors (Lipinski definition) is 2. The van der Waals surface area contributed by atoms with Crippen LogP contribution in [-0.2, 0) is 6.42 Å². The third-order valence-corrected chi connectivity index (χ3v) is 4.72. The van der Waals surface area contributed by atoms with Crippen molar-refractivity contribution in [2.45, 2.75) is 19.4 Å². The molecule has 0 radical (unpaired) electrons. The van der Waals surface area contributed by atoms with Crippen molar-refractivity contribution in [3.05, 3.63) is 50.1 Å². The summed E-state index contributed by atoms with van der Waals surface area (Å²) < 4.78 is 1.07. The number of likely N-dealkylation sites (N-methyl/N-ethyl adjacent to an activating group) is 1. The van der Waals surface area contributed by atoms with E-state index in [1.165, 1.54) is 16.0 Å². The molecule has 1 aromatic heterocycles. The molecule has 0 saturated carbocycles. The van der Waals surface area contributed by atoms with E-state index in [4.69, 9.17) is 5.73 Å². The van der Waals surface area contributed by atoms with Gasteiger partial charge in [-0.1, -0.05) is 15.9 Å². The zero-order valence-electron chi connectivity index (χ0n) is 10.5. The summed E-state index contributed by atoms with van der Waals surface area (Å²) in [5.74, 6) is 0. The van der Waals surface area contributed by atoms with Crippen molar-refractivity contribution >= 4 is 33.0 Å². The van der Waals surface area contributed by atoms with Crippen LogP contribution < -0.4 is 11.1 Å². The van der Waals surface area contributed by atoms with Gasteiger partial charge >= 0.3 is 0 Å². The summed E-state index contributed by atoms with van der Waals surface area (Å²) in [6, 6.07) is 8.51. The minimum atomic E-state index is 0.321. The number of benzene rings is 1. The maximum absolute atomic E-state index is 6.04. The Bertz CT molecular complexity index is 536. The van der Waals surface area contributed by atoms with E-state index in [0.717, 1.165) is 16.6 Å². The molecule has 0 bridgehead atoms. The minimum absolute atomic E-state index is 0.321. The first-order chi connectivity index (χ1) is 8.61. The van der Waals surface area contributed by atoms with E-state index >= 15 is 0 Å². The lowest BCUT2D eigenvalue weighted by Crippen LogP contribution is -2.19. The van der Waals surface area contributed by atoms with Crippen LogP contribution in [0, 0.1) is 6.92 Å². The third kappa shape index (κ3) is 2.94. The maximum atomic E-state index is 6.04. The molecule has 0 saturated heterocycles. The van der Waals surface area contributed by atoms with Crippen molar-refractivity contribution in [3.63, 3.8) is 0 Å². The number of nitrogens with two attached hydrogens (primary N) is 1. The maximum Gasteiger partial charge on any atom is 0.0456 e. The zero-order valence-corrected chi connectivity index (χ0v) is 12.9. The fraction of sp³-hybridized carbons (Fsp3) is 0.286. The average Bonchev–Trinajstić information content (AvgIpc) is 2.77. The van der Waals surface area contributed by atoms with Gasteiger partial charge in [0, 0.05) is 21.1 Å². The molecule has 0 amide bonds. The van der Waals surface area contributed by atoms with E-state index in [2.05, 4.69) is 45.7 Å². The molecule has 1 aromatic carbocycles. The number of halogens is 1. The van der Waals surface area contributed by atoms with Crippen LogP contribution in [0.5, 0.6) is 0 Å². The molecule has 2 rings (SSSR count). The summed E-state index contributed by atoms with van der Waals surface area (Å²) >= 11 is 5.29. The number of hydrogen-bond acceptors (Lipinski definition) is 3. The molecule has 0 aliphatic heterocycles. The van der Waals surface area contributed by atoms with Gasteiger partial charge in [0.25, 0.3) is 0 Å². The van der Waals surface area contributed by atoms with Crippen molar-refractivity contribution in [2.24, 2.45) is 0 Å². The summed E-state index contributed by atoms with van der Waals surface area (Å²) in [5.41, 5.74) is 9.41. The molecule has 0 unspecified atom stereocenters. The van der Waals surface area contributed by atoms with E-state index in [0.29, 0.717) is 6.04 Å². The molecule has 1 atom stereocenters. The van der Waals surface area contributed by atoms with Crippen LogP contribution in [0.1, 0.15) is 22.0 Å². The molecule has 96 valence electrons. The first-order valence-corrected chi connectivity index (χ1v) is 7.54. The fourth-order valence-corrected chi connectivity index (χ4v) is 3.48. The van der Waals surface area contributed by atoms with Gasteiger partial charge in [0.2, 0.25) is 0 Å². The number of nitrogens with one attached hydrogen (secondary N) is 1.